The van der Waals surface area contributed by atoms with Crippen molar-refractivity contribution in [1.82, 2.24) is 5.32 Å². The molecule has 3 atom stereocenters. The summed E-state index contributed by atoms with van der Waals surface area (Å²) in [4.78, 5) is 0. The summed E-state index contributed by atoms with van der Waals surface area (Å²) < 4.78 is 43.1. The maximum absolute atomic E-state index is 12.5. The van der Waals surface area contributed by atoms with Crippen LogP contribution in [0.2, 0.25) is 0 Å². The molecular formula is C14H18F3NO. The molecule has 1 aromatic rings. The van der Waals surface area contributed by atoms with Gasteiger partial charge in [-0.3, -0.25) is 0 Å². The zero-order valence-electron chi connectivity index (χ0n) is 11.0. The molecule has 1 heterocycles. The van der Waals surface area contributed by atoms with Gasteiger partial charge in [-0.1, -0.05) is 12.1 Å². The molecule has 3 unspecified atom stereocenters. The van der Waals surface area contributed by atoms with Crippen molar-refractivity contribution in [3.8, 4) is 0 Å². The Kier molecular flexibility index (Phi) is 4.16. The van der Waals surface area contributed by atoms with Crippen molar-refractivity contribution >= 4 is 0 Å². The Bertz CT molecular complexity index is 416. The van der Waals surface area contributed by atoms with Gasteiger partial charge in [-0.2, -0.15) is 13.2 Å². The van der Waals surface area contributed by atoms with Crippen LogP contribution in [0.3, 0.4) is 0 Å². The number of alkyl halides is 3. The highest BCUT2D eigenvalue weighted by Crippen LogP contribution is 2.35. The molecule has 5 heteroatoms. The molecule has 2 rings (SSSR count). The van der Waals surface area contributed by atoms with Crippen LogP contribution in [0.4, 0.5) is 13.2 Å². The molecule has 1 aromatic carbocycles. The van der Waals surface area contributed by atoms with Gasteiger partial charge in [0.15, 0.2) is 0 Å². The van der Waals surface area contributed by atoms with Crippen molar-refractivity contribution in [2.24, 2.45) is 5.92 Å². The number of ether oxygens (including phenoxy) is 1. The predicted octanol–water partition coefficient (Wildman–Crippen LogP) is 3.39. The highest BCUT2D eigenvalue weighted by atomic mass is 19.4. The van der Waals surface area contributed by atoms with E-state index in [0.29, 0.717) is 12.5 Å². The highest BCUT2D eigenvalue weighted by Gasteiger charge is 2.33. The molecular weight excluding hydrogens is 255 g/mol. The lowest BCUT2D eigenvalue weighted by molar-refractivity contribution is -0.137. The molecule has 0 spiro atoms. The minimum atomic E-state index is -4.28. The second kappa shape index (κ2) is 5.51. The molecule has 0 saturated carbocycles. The quantitative estimate of drug-likeness (QED) is 0.911. The Morgan fingerprint density at radius 2 is 1.89 bits per heavy atom. The fourth-order valence-electron chi connectivity index (χ4n) is 2.69. The van der Waals surface area contributed by atoms with Gasteiger partial charge in [-0.15, -0.1) is 0 Å². The van der Waals surface area contributed by atoms with Gasteiger partial charge < -0.3 is 10.1 Å². The van der Waals surface area contributed by atoms with E-state index in [4.69, 9.17) is 4.74 Å². The van der Waals surface area contributed by atoms with Gasteiger partial charge in [0.25, 0.3) is 0 Å². The maximum atomic E-state index is 12.5. The van der Waals surface area contributed by atoms with Gasteiger partial charge in [0.05, 0.1) is 11.7 Å². The summed E-state index contributed by atoms with van der Waals surface area (Å²) >= 11 is 0. The van der Waals surface area contributed by atoms with Crippen molar-refractivity contribution in [2.75, 3.05) is 13.7 Å². The number of benzene rings is 1. The first-order chi connectivity index (χ1) is 8.93. The second-order valence-corrected chi connectivity index (χ2v) is 4.91. The third-order valence-electron chi connectivity index (χ3n) is 3.77. The van der Waals surface area contributed by atoms with Crippen molar-refractivity contribution < 1.29 is 17.9 Å². The first-order valence-electron chi connectivity index (χ1n) is 6.39. The SMILES string of the molecule is CNC(c1ccc(C(F)(F)F)cc1)C1CCOC1C. The van der Waals surface area contributed by atoms with E-state index >= 15 is 0 Å². The number of nitrogens with one attached hydrogen (secondary N) is 1. The monoisotopic (exact) mass is 273 g/mol. The van der Waals surface area contributed by atoms with E-state index in [1.165, 1.54) is 0 Å². The fourth-order valence-corrected chi connectivity index (χ4v) is 2.69. The van der Waals surface area contributed by atoms with E-state index in [9.17, 15) is 13.2 Å². The topological polar surface area (TPSA) is 21.3 Å². The molecule has 2 nitrogen and oxygen atoms in total. The van der Waals surface area contributed by atoms with Crippen molar-refractivity contribution in [1.29, 1.82) is 0 Å². The number of hydrogen-bond donors (Lipinski definition) is 1. The van der Waals surface area contributed by atoms with Crippen LogP contribution in [0.5, 0.6) is 0 Å². The molecule has 0 aromatic heterocycles. The molecule has 0 bridgehead atoms. The molecule has 1 fully saturated rings. The van der Waals surface area contributed by atoms with E-state index in [-0.39, 0.29) is 12.1 Å². The minimum absolute atomic E-state index is 0.0276. The van der Waals surface area contributed by atoms with Crippen molar-refractivity contribution in [3.05, 3.63) is 35.4 Å². The molecule has 1 saturated heterocycles. The minimum Gasteiger partial charge on any atom is -0.378 e. The Balaban J connectivity index is 2.19. The molecule has 1 aliphatic heterocycles. The van der Waals surface area contributed by atoms with Crippen LogP contribution in [0.15, 0.2) is 24.3 Å². The fraction of sp³-hybridized carbons (Fsp3) is 0.571. The van der Waals surface area contributed by atoms with E-state index in [1.54, 1.807) is 12.1 Å². The predicted molar refractivity (Wildman–Crippen MR) is 66.8 cm³/mol. The largest absolute Gasteiger partial charge is 0.416 e. The number of hydrogen-bond acceptors (Lipinski definition) is 2. The van der Waals surface area contributed by atoms with E-state index < -0.39 is 11.7 Å². The summed E-state index contributed by atoms with van der Waals surface area (Å²) in [5.41, 5.74) is 0.264. The van der Waals surface area contributed by atoms with Gasteiger partial charge in [0.1, 0.15) is 0 Å². The van der Waals surface area contributed by atoms with E-state index in [1.807, 2.05) is 14.0 Å². The Hall–Kier alpha value is -1.07. The molecule has 0 aliphatic carbocycles. The summed E-state index contributed by atoms with van der Waals surface area (Å²) in [6.45, 7) is 2.72. The van der Waals surface area contributed by atoms with Gasteiger partial charge in [0.2, 0.25) is 0 Å². The van der Waals surface area contributed by atoms with Crippen molar-refractivity contribution in [3.63, 3.8) is 0 Å². The standard InChI is InChI=1S/C14H18F3NO/c1-9-12(7-8-19-9)13(18-2)10-3-5-11(6-4-10)14(15,16)17/h3-6,9,12-13,18H,7-8H2,1-2H3. The molecule has 106 valence electrons. The first kappa shape index (κ1) is 14.3. The maximum Gasteiger partial charge on any atom is 0.416 e. The zero-order valence-corrected chi connectivity index (χ0v) is 11.0. The Labute approximate surface area is 111 Å². The van der Waals surface area contributed by atoms with Gasteiger partial charge >= 0.3 is 6.18 Å². The third-order valence-corrected chi connectivity index (χ3v) is 3.77. The average Bonchev–Trinajstić information content (AvgIpc) is 2.76. The summed E-state index contributed by atoms with van der Waals surface area (Å²) in [7, 11) is 1.83. The normalized spacial score (nSPS) is 25.5. The van der Waals surface area contributed by atoms with Crippen molar-refractivity contribution in [2.45, 2.75) is 31.7 Å². The summed E-state index contributed by atoms with van der Waals surface area (Å²) in [6, 6.07) is 5.41. The summed E-state index contributed by atoms with van der Waals surface area (Å²) in [5.74, 6) is 0.293. The number of halogens is 3. The van der Waals surface area contributed by atoms with E-state index in [2.05, 4.69) is 5.32 Å². The van der Waals surface area contributed by atoms with Crippen LogP contribution in [0, 0.1) is 5.92 Å². The Morgan fingerprint density at radius 3 is 2.32 bits per heavy atom. The molecule has 1 N–H and O–H groups in total. The molecule has 19 heavy (non-hydrogen) atoms. The summed E-state index contributed by atoms with van der Waals surface area (Å²) in [6.07, 6.45) is -3.23. The molecule has 1 aliphatic rings. The third kappa shape index (κ3) is 3.09. The van der Waals surface area contributed by atoms with Crippen LogP contribution in [-0.2, 0) is 10.9 Å². The molecule has 0 amide bonds. The number of rotatable bonds is 3. The van der Waals surface area contributed by atoms with Gasteiger partial charge in [-0.25, -0.2) is 0 Å². The van der Waals surface area contributed by atoms with Crippen LogP contribution in [0.25, 0.3) is 0 Å². The van der Waals surface area contributed by atoms with Crippen LogP contribution >= 0.6 is 0 Å². The second-order valence-electron chi connectivity index (χ2n) is 4.91. The van der Waals surface area contributed by atoms with Crippen LogP contribution < -0.4 is 5.32 Å². The lowest BCUT2D eigenvalue weighted by Crippen LogP contribution is -2.29. The highest BCUT2D eigenvalue weighted by molar-refractivity contribution is 5.27. The zero-order chi connectivity index (χ0) is 14.0. The average molecular weight is 273 g/mol. The summed E-state index contributed by atoms with van der Waals surface area (Å²) in [5, 5.41) is 3.19. The van der Waals surface area contributed by atoms with Crippen LogP contribution in [0.1, 0.15) is 30.5 Å². The lowest BCUT2D eigenvalue weighted by atomic mass is 9.88. The van der Waals surface area contributed by atoms with E-state index in [0.717, 1.165) is 24.1 Å². The lowest BCUT2D eigenvalue weighted by Gasteiger charge is -2.26. The smallest absolute Gasteiger partial charge is 0.378 e. The van der Waals surface area contributed by atoms with Crippen LogP contribution in [-0.4, -0.2) is 19.8 Å². The Morgan fingerprint density at radius 1 is 1.26 bits per heavy atom. The molecule has 0 radical (unpaired) electrons. The van der Waals surface area contributed by atoms with Gasteiger partial charge in [0, 0.05) is 18.6 Å². The van der Waals surface area contributed by atoms with Gasteiger partial charge in [-0.05, 0) is 38.1 Å². The first-order valence-corrected chi connectivity index (χ1v) is 6.39.